The molecule has 1 aliphatic heterocycles. The molecule has 1 fully saturated rings. The molecule has 9 heteroatoms. The van der Waals surface area contributed by atoms with Gasteiger partial charge in [0.05, 0.1) is 12.8 Å². The molecular formula is C12H13N3O6. The molecule has 1 aliphatic rings. The summed E-state index contributed by atoms with van der Waals surface area (Å²) in [6, 6.07) is 0. The Morgan fingerprint density at radius 3 is 2.57 bits per heavy atom. The second kappa shape index (κ2) is 5.35. The molecule has 0 saturated carbocycles. The van der Waals surface area contributed by atoms with E-state index in [4.69, 9.17) is 14.2 Å². The lowest BCUT2D eigenvalue weighted by atomic mass is 10.2. The molecule has 21 heavy (non-hydrogen) atoms. The molecule has 9 nitrogen and oxygen atoms in total. The van der Waals surface area contributed by atoms with Gasteiger partial charge in [0.15, 0.2) is 5.82 Å². The van der Waals surface area contributed by atoms with E-state index in [0.717, 1.165) is 0 Å². The third-order valence-corrected chi connectivity index (χ3v) is 2.40. The molecule has 0 spiro atoms. The Hall–Kier alpha value is -2.71. The molecule has 1 saturated heterocycles. The number of hydrogen-bond donors (Lipinski definition) is 1. The van der Waals surface area contributed by atoms with Crippen LogP contribution in [0.3, 0.4) is 0 Å². The minimum atomic E-state index is -1.36. The van der Waals surface area contributed by atoms with Gasteiger partial charge in [0.2, 0.25) is 5.71 Å². The summed E-state index contributed by atoms with van der Waals surface area (Å²) in [5.41, 5.74) is -0.584. The van der Waals surface area contributed by atoms with Gasteiger partial charge in [-0.05, 0) is 6.92 Å². The fourth-order valence-electron chi connectivity index (χ4n) is 1.57. The lowest BCUT2D eigenvalue weighted by Gasteiger charge is -2.28. The summed E-state index contributed by atoms with van der Waals surface area (Å²) in [5.74, 6) is -4.01. The number of carbonyl (C=O) groups is 3. The van der Waals surface area contributed by atoms with E-state index in [2.05, 4.69) is 15.2 Å². The molecule has 0 radical (unpaired) electrons. The molecule has 1 aromatic rings. The maximum atomic E-state index is 11.7. The summed E-state index contributed by atoms with van der Waals surface area (Å²) in [6.45, 7) is 4.64. The van der Waals surface area contributed by atoms with Gasteiger partial charge in [-0.1, -0.05) is 0 Å². The van der Waals surface area contributed by atoms with Gasteiger partial charge in [0.25, 0.3) is 5.79 Å². The van der Waals surface area contributed by atoms with Gasteiger partial charge in [-0.3, -0.25) is 5.10 Å². The van der Waals surface area contributed by atoms with Gasteiger partial charge in [-0.2, -0.15) is 5.10 Å². The van der Waals surface area contributed by atoms with Crippen LogP contribution in [-0.4, -0.2) is 46.2 Å². The SMILES string of the molecule is CCOC(=O)c1cn[nH]c1N=C1C(=O)OC(C)(C)OC1=O. The number of nitrogens with one attached hydrogen (secondary N) is 1. The summed E-state index contributed by atoms with van der Waals surface area (Å²) in [7, 11) is 0. The summed E-state index contributed by atoms with van der Waals surface area (Å²) in [6.07, 6.45) is 1.18. The first kappa shape index (κ1) is 14.7. The first-order chi connectivity index (χ1) is 9.84. The Kier molecular flexibility index (Phi) is 3.74. The standard InChI is InChI=1S/C12H13N3O6/c1-4-19-9(16)6-5-13-15-8(6)14-7-10(17)20-12(2,3)21-11(7)18/h5H,4H2,1-3H3,(H,13,15). The predicted molar refractivity (Wildman–Crippen MR) is 67.9 cm³/mol. The highest BCUT2D eigenvalue weighted by atomic mass is 16.7. The van der Waals surface area contributed by atoms with E-state index >= 15 is 0 Å². The average Bonchev–Trinajstić information content (AvgIpc) is 2.81. The largest absolute Gasteiger partial charge is 0.462 e. The lowest BCUT2D eigenvalue weighted by molar-refractivity contribution is -0.214. The number of aliphatic imine (C=N–C) groups is 1. The van der Waals surface area contributed by atoms with Crippen molar-refractivity contribution in [3.8, 4) is 0 Å². The van der Waals surface area contributed by atoms with Gasteiger partial charge < -0.3 is 14.2 Å². The van der Waals surface area contributed by atoms with E-state index in [9.17, 15) is 14.4 Å². The number of cyclic esters (lactones) is 2. The van der Waals surface area contributed by atoms with Crippen LogP contribution < -0.4 is 0 Å². The van der Waals surface area contributed by atoms with E-state index in [1.54, 1.807) is 6.92 Å². The number of nitrogens with zero attached hydrogens (tertiary/aromatic N) is 2. The fourth-order valence-corrected chi connectivity index (χ4v) is 1.57. The Balaban J connectivity index is 2.32. The van der Waals surface area contributed by atoms with Crippen molar-refractivity contribution >= 4 is 29.4 Å². The van der Waals surface area contributed by atoms with Crippen molar-refractivity contribution in [1.82, 2.24) is 10.2 Å². The van der Waals surface area contributed by atoms with Crippen molar-refractivity contribution in [2.75, 3.05) is 6.61 Å². The first-order valence-electron chi connectivity index (χ1n) is 6.10. The number of rotatable bonds is 3. The maximum Gasteiger partial charge on any atom is 0.367 e. The highest BCUT2D eigenvalue weighted by molar-refractivity contribution is 6.63. The van der Waals surface area contributed by atoms with Crippen molar-refractivity contribution < 1.29 is 28.6 Å². The molecule has 0 aromatic carbocycles. The number of hydrogen-bond acceptors (Lipinski definition) is 8. The molecule has 112 valence electrons. The summed E-state index contributed by atoms with van der Waals surface area (Å²) < 4.78 is 14.6. The first-order valence-corrected chi connectivity index (χ1v) is 6.10. The lowest BCUT2D eigenvalue weighted by Crippen LogP contribution is -2.46. The van der Waals surface area contributed by atoms with Crippen molar-refractivity contribution in [3.05, 3.63) is 11.8 Å². The van der Waals surface area contributed by atoms with Crippen molar-refractivity contribution in [2.24, 2.45) is 4.99 Å². The molecule has 0 bridgehead atoms. The van der Waals surface area contributed by atoms with Crippen LogP contribution in [0.5, 0.6) is 0 Å². The van der Waals surface area contributed by atoms with Gasteiger partial charge in [-0.25, -0.2) is 19.4 Å². The molecule has 2 heterocycles. The van der Waals surface area contributed by atoms with Crippen LogP contribution in [0.2, 0.25) is 0 Å². The van der Waals surface area contributed by atoms with Crippen LogP contribution in [0.4, 0.5) is 5.82 Å². The average molecular weight is 295 g/mol. The Morgan fingerprint density at radius 2 is 2.00 bits per heavy atom. The molecular weight excluding hydrogens is 282 g/mol. The maximum absolute atomic E-state index is 11.7. The zero-order valence-electron chi connectivity index (χ0n) is 11.6. The number of carbonyl (C=O) groups excluding carboxylic acids is 3. The number of aromatic amines is 1. The second-order valence-corrected chi connectivity index (χ2v) is 4.49. The van der Waals surface area contributed by atoms with Crippen molar-refractivity contribution in [2.45, 2.75) is 26.6 Å². The third kappa shape index (κ3) is 3.07. The van der Waals surface area contributed by atoms with Crippen LogP contribution >= 0.6 is 0 Å². The minimum Gasteiger partial charge on any atom is -0.462 e. The van der Waals surface area contributed by atoms with E-state index in [-0.39, 0.29) is 18.0 Å². The van der Waals surface area contributed by atoms with Gasteiger partial charge >= 0.3 is 17.9 Å². The normalized spacial score (nSPS) is 17.0. The van der Waals surface area contributed by atoms with Crippen molar-refractivity contribution in [1.29, 1.82) is 0 Å². The fraction of sp³-hybridized carbons (Fsp3) is 0.417. The molecule has 0 amide bonds. The Labute approximate surface area is 119 Å². The predicted octanol–water partition coefficient (Wildman–Crippen LogP) is 0.495. The monoisotopic (exact) mass is 295 g/mol. The molecule has 2 rings (SSSR count). The number of ether oxygens (including phenoxy) is 3. The molecule has 0 aliphatic carbocycles. The topological polar surface area (TPSA) is 120 Å². The third-order valence-electron chi connectivity index (χ3n) is 2.40. The Bertz CT molecular complexity index is 609. The highest BCUT2D eigenvalue weighted by Gasteiger charge is 2.40. The second-order valence-electron chi connectivity index (χ2n) is 4.49. The van der Waals surface area contributed by atoms with E-state index in [1.165, 1.54) is 20.0 Å². The van der Waals surface area contributed by atoms with Crippen LogP contribution in [0.1, 0.15) is 31.1 Å². The molecule has 1 aromatic heterocycles. The van der Waals surface area contributed by atoms with Crippen LogP contribution in [0.25, 0.3) is 0 Å². The molecule has 0 atom stereocenters. The van der Waals surface area contributed by atoms with E-state index < -0.39 is 29.4 Å². The van der Waals surface area contributed by atoms with Crippen molar-refractivity contribution in [3.63, 3.8) is 0 Å². The zero-order chi connectivity index (χ0) is 15.6. The summed E-state index contributed by atoms with van der Waals surface area (Å²) >= 11 is 0. The van der Waals surface area contributed by atoms with Gasteiger partial charge in [-0.15, -0.1) is 0 Å². The number of aromatic nitrogens is 2. The van der Waals surface area contributed by atoms with E-state index in [1.807, 2.05) is 0 Å². The number of H-pyrrole nitrogens is 1. The quantitative estimate of drug-likeness (QED) is 0.806. The molecule has 1 N–H and O–H groups in total. The highest BCUT2D eigenvalue weighted by Crippen LogP contribution is 2.22. The molecule has 0 unspecified atom stereocenters. The van der Waals surface area contributed by atoms with Gasteiger partial charge in [0.1, 0.15) is 5.56 Å². The zero-order valence-corrected chi connectivity index (χ0v) is 11.6. The van der Waals surface area contributed by atoms with Crippen LogP contribution in [0, 0.1) is 0 Å². The number of esters is 3. The summed E-state index contributed by atoms with van der Waals surface area (Å²) in [5, 5.41) is 6.03. The van der Waals surface area contributed by atoms with Gasteiger partial charge in [0, 0.05) is 13.8 Å². The summed E-state index contributed by atoms with van der Waals surface area (Å²) in [4.78, 5) is 38.9. The van der Waals surface area contributed by atoms with Crippen LogP contribution in [0.15, 0.2) is 11.2 Å². The minimum absolute atomic E-state index is 0.00483. The Morgan fingerprint density at radius 1 is 1.38 bits per heavy atom. The van der Waals surface area contributed by atoms with E-state index in [0.29, 0.717) is 0 Å². The smallest absolute Gasteiger partial charge is 0.367 e. The van der Waals surface area contributed by atoms with Crippen LogP contribution in [-0.2, 0) is 23.8 Å².